The summed E-state index contributed by atoms with van der Waals surface area (Å²) in [7, 11) is 0. The third-order valence-corrected chi connectivity index (χ3v) is 4.78. The molecule has 2 aromatic carbocycles. The molecule has 2 aromatic rings. The van der Waals surface area contributed by atoms with Crippen molar-refractivity contribution in [1.82, 2.24) is 4.90 Å². The molecule has 0 bridgehead atoms. The van der Waals surface area contributed by atoms with Crippen molar-refractivity contribution < 1.29 is 9.90 Å². The smallest absolute Gasteiger partial charge is 0.308 e. The molecule has 1 aliphatic heterocycles. The molecular formula is C20H23NO2. The van der Waals surface area contributed by atoms with E-state index in [0.29, 0.717) is 6.54 Å². The first-order valence-corrected chi connectivity index (χ1v) is 8.25. The summed E-state index contributed by atoms with van der Waals surface area (Å²) in [4.78, 5) is 13.9. The van der Waals surface area contributed by atoms with Gasteiger partial charge in [0.25, 0.3) is 0 Å². The summed E-state index contributed by atoms with van der Waals surface area (Å²) in [6.45, 7) is 4.36. The largest absolute Gasteiger partial charge is 0.481 e. The molecule has 23 heavy (non-hydrogen) atoms. The van der Waals surface area contributed by atoms with Gasteiger partial charge in [0.05, 0.1) is 5.92 Å². The van der Waals surface area contributed by atoms with Crippen LogP contribution < -0.4 is 0 Å². The molecule has 3 rings (SSSR count). The Morgan fingerprint density at radius 3 is 2.35 bits per heavy atom. The van der Waals surface area contributed by atoms with Crippen LogP contribution in [0.15, 0.2) is 54.6 Å². The van der Waals surface area contributed by atoms with Gasteiger partial charge in [-0.05, 0) is 23.1 Å². The minimum absolute atomic E-state index is 0.0714. The van der Waals surface area contributed by atoms with Crippen molar-refractivity contribution in [2.24, 2.45) is 5.92 Å². The number of hydrogen-bond acceptors (Lipinski definition) is 2. The highest BCUT2D eigenvalue weighted by Crippen LogP contribution is 2.33. The number of aliphatic carboxylic acids is 1. The highest BCUT2D eigenvalue weighted by Gasteiger charge is 2.38. The number of nitrogens with zero attached hydrogens (tertiary/aromatic N) is 1. The number of rotatable bonds is 5. The van der Waals surface area contributed by atoms with E-state index < -0.39 is 5.97 Å². The fraction of sp³-hybridized carbons (Fsp3) is 0.350. The van der Waals surface area contributed by atoms with Crippen LogP contribution in [0.25, 0.3) is 0 Å². The minimum atomic E-state index is -0.690. The lowest BCUT2D eigenvalue weighted by Gasteiger charge is -2.16. The van der Waals surface area contributed by atoms with Crippen molar-refractivity contribution >= 4 is 5.97 Å². The second kappa shape index (κ2) is 6.97. The molecule has 2 atom stereocenters. The van der Waals surface area contributed by atoms with Gasteiger partial charge < -0.3 is 5.11 Å². The van der Waals surface area contributed by atoms with Gasteiger partial charge in [-0.25, -0.2) is 0 Å². The van der Waals surface area contributed by atoms with Crippen molar-refractivity contribution in [1.29, 1.82) is 0 Å². The van der Waals surface area contributed by atoms with Crippen molar-refractivity contribution in [3.63, 3.8) is 0 Å². The molecule has 0 aliphatic carbocycles. The van der Waals surface area contributed by atoms with E-state index in [1.54, 1.807) is 0 Å². The average Bonchev–Trinajstić information content (AvgIpc) is 3.00. The Labute approximate surface area is 137 Å². The Kier molecular flexibility index (Phi) is 4.77. The lowest BCUT2D eigenvalue weighted by molar-refractivity contribution is -0.141. The Bertz CT molecular complexity index is 651. The van der Waals surface area contributed by atoms with Crippen molar-refractivity contribution in [3.8, 4) is 0 Å². The Hall–Kier alpha value is -2.13. The maximum Gasteiger partial charge on any atom is 0.308 e. The summed E-state index contributed by atoms with van der Waals surface area (Å²) in [5, 5.41) is 9.60. The number of benzene rings is 2. The number of carboxylic acids is 1. The summed E-state index contributed by atoms with van der Waals surface area (Å²) in [6, 6.07) is 18.7. The Morgan fingerprint density at radius 1 is 1.04 bits per heavy atom. The molecule has 1 fully saturated rings. The summed E-state index contributed by atoms with van der Waals surface area (Å²) >= 11 is 0. The summed E-state index contributed by atoms with van der Waals surface area (Å²) in [5.41, 5.74) is 3.67. The Morgan fingerprint density at radius 2 is 1.74 bits per heavy atom. The lowest BCUT2D eigenvalue weighted by atomic mass is 9.88. The molecule has 0 radical (unpaired) electrons. The maximum absolute atomic E-state index is 11.7. The third kappa shape index (κ3) is 3.62. The van der Waals surface area contributed by atoms with E-state index in [4.69, 9.17) is 0 Å². The minimum Gasteiger partial charge on any atom is -0.481 e. The molecule has 3 heteroatoms. The molecule has 0 amide bonds. The van der Waals surface area contributed by atoms with E-state index in [2.05, 4.69) is 48.2 Å². The number of carboxylic acid groups (broad SMARTS) is 1. The molecule has 1 saturated heterocycles. The van der Waals surface area contributed by atoms with Crippen LogP contribution in [0.2, 0.25) is 0 Å². The average molecular weight is 309 g/mol. The van der Waals surface area contributed by atoms with Crippen molar-refractivity contribution in [2.75, 3.05) is 13.1 Å². The first-order valence-electron chi connectivity index (χ1n) is 8.25. The van der Waals surface area contributed by atoms with E-state index in [0.717, 1.165) is 25.1 Å². The standard InChI is InChI=1S/C20H23NO2/c1-2-15-8-10-17(11-9-15)18-13-21(14-19(18)20(22)23)12-16-6-4-3-5-7-16/h3-11,18-19H,2,12-14H2,1H3,(H,22,23)/t18-,19+/m0/s1. The molecule has 1 aliphatic rings. The maximum atomic E-state index is 11.7. The van der Waals surface area contributed by atoms with Crippen molar-refractivity contribution in [3.05, 3.63) is 71.3 Å². The van der Waals surface area contributed by atoms with Gasteiger partial charge in [0.2, 0.25) is 0 Å². The van der Waals surface area contributed by atoms with E-state index in [9.17, 15) is 9.90 Å². The van der Waals surface area contributed by atoms with Gasteiger partial charge in [-0.3, -0.25) is 9.69 Å². The van der Waals surface area contributed by atoms with E-state index in [1.165, 1.54) is 11.1 Å². The van der Waals surface area contributed by atoms with Crippen LogP contribution in [0.4, 0.5) is 0 Å². The van der Waals surface area contributed by atoms with Crippen LogP contribution in [0, 0.1) is 5.92 Å². The van der Waals surface area contributed by atoms with Crippen LogP contribution in [0.1, 0.15) is 29.5 Å². The van der Waals surface area contributed by atoms with Gasteiger partial charge in [-0.2, -0.15) is 0 Å². The van der Waals surface area contributed by atoms with Crippen molar-refractivity contribution in [2.45, 2.75) is 25.8 Å². The van der Waals surface area contributed by atoms with Gasteiger partial charge in [0.1, 0.15) is 0 Å². The van der Waals surface area contributed by atoms with Gasteiger partial charge in [0, 0.05) is 25.6 Å². The monoisotopic (exact) mass is 309 g/mol. The molecule has 0 spiro atoms. The van der Waals surface area contributed by atoms with Crippen LogP contribution in [-0.2, 0) is 17.8 Å². The van der Waals surface area contributed by atoms with E-state index >= 15 is 0 Å². The molecule has 1 N–H and O–H groups in total. The zero-order valence-electron chi connectivity index (χ0n) is 13.5. The highest BCUT2D eigenvalue weighted by molar-refractivity contribution is 5.72. The fourth-order valence-corrected chi connectivity index (χ4v) is 3.44. The van der Waals surface area contributed by atoms with Gasteiger partial charge in [0.15, 0.2) is 0 Å². The molecule has 1 heterocycles. The Balaban J connectivity index is 1.76. The van der Waals surface area contributed by atoms with Crippen LogP contribution in [-0.4, -0.2) is 29.1 Å². The predicted octanol–water partition coefficient (Wildman–Crippen LogP) is 3.55. The molecule has 0 saturated carbocycles. The summed E-state index contributed by atoms with van der Waals surface area (Å²) in [6.07, 6.45) is 1.01. The van der Waals surface area contributed by atoms with Crippen LogP contribution >= 0.6 is 0 Å². The summed E-state index contributed by atoms with van der Waals surface area (Å²) in [5.74, 6) is -0.946. The molecule has 0 aromatic heterocycles. The number of carbonyl (C=O) groups is 1. The first-order chi connectivity index (χ1) is 11.2. The fourth-order valence-electron chi connectivity index (χ4n) is 3.44. The van der Waals surface area contributed by atoms with Gasteiger partial charge >= 0.3 is 5.97 Å². The van der Waals surface area contributed by atoms with Gasteiger partial charge in [-0.1, -0.05) is 61.5 Å². The highest BCUT2D eigenvalue weighted by atomic mass is 16.4. The third-order valence-electron chi connectivity index (χ3n) is 4.78. The second-order valence-corrected chi connectivity index (χ2v) is 6.33. The SMILES string of the molecule is CCc1ccc([C@@H]2CN(Cc3ccccc3)C[C@H]2C(=O)O)cc1. The van der Waals surface area contributed by atoms with E-state index in [1.807, 2.05) is 18.2 Å². The second-order valence-electron chi connectivity index (χ2n) is 6.33. The summed E-state index contributed by atoms with van der Waals surface area (Å²) < 4.78 is 0. The lowest BCUT2D eigenvalue weighted by Crippen LogP contribution is -2.23. The normalized spacial score (nSPS) is 21.4. The molecule has 0 unspecified atom stereocenters. The zero-order chi connectivity index (χ0) is 16.2. The van der Waals surface area contributed by atoms with E-state index in [-0.39, 0.29) is 11.8 Å². The quantitative estimate of drug-likeness (QED) is 0.918. The van der Waals surface area contributed by atoms with Crippen LogP contribution in [0.5, 0.6) is 0 Å². The molecule has 120 valence electrons. The molecule has 3 nitrogen and oxygen atoms in total. The zero-order valence-corrected chi connectivity index (χ0v) is 13.5. The first kappa shape index (κ1) is 15.8. The number of hydrogen-bond donors (Lipinski definition) is 1. The topological polar surface area (TPSA) is 40.5 Å². The van der Waals surface area contributed by atoms with Gasteiger partial charge in [-0.15, -0.1) is 0 Å². The number of likely N-dealkylation sites (tertiary alicyclic amines) is 1. The number of aryl methyl sites for hydroxylation is 1. The predicted molar refractivity (Wildman–Crippen MR) is 91.4 cm³/mol. The van der Waals surface area contributed by atoms with Crippen LogP contribution in [0.3, 0.4) is 0 Å². The molecular weight excluding hydrogens is 286 g/mol.